The molecule has 1 rings (SSSR count). The maximum absolute atomic E-state index is 13.3. The van der Waals surface area contributed by atoms with Crippen molar-refractivity contribution >= 4 is 5.69 Å². The van der Waals surface area contributed by atoms with Gasteiger partial charge in [-0.3, -0.25) is 10.1 Å². The first-order chi connectivity index (χ1) is 6.52. The van der Waals surface area contributed by atoms with Crippen molar-refractivity contribution in [2.24, 2.45) is 0 Å². The molecule has 0 amide bonds. The number of benzene rings is 1. The second kappa shape index (κ2) is 4.04. The second-order valence-electron chi connectivity index (χ2n) is 3.01. The lowest BCUT2D eigenvalue weighted by molar-refractivity contribution is -0.387. The molecule has 0 fully saturated rings. The molecule has 1 aromatic rings. The Bertz CT molecular complexity index is 352. The van der Waals surface area contributed by atoms with Crippen LogP contribution in [-0.4, -0.2) is 11.0 Å². The smallest absolute Gasteiger partial charge is 0.308 e. The van der Waals surface area contributed by atoms with E-state index in [-0.39, 0.29) is 11.9 Å². The van der Waals surface area contributed by atoms with E-state index in [1.54, 1.807) is 13.8 Å². The standard InChI is InChI=1S/C9H10FNO3/c1-6(2)14-8-5-3-4-7(9(8)10)11(12)13/h3-6H,1-2H3. The summed E-state index contributed by atoms with van der Waals surface area (Å²) in [5.41, 5.74) is -0.567. The molecule has 14 heavy (non-hydrogen) atoms. The van der Waals surface area contributed by atoms with Crippen molar-refractivity contribution in [1.29, 1.82) is 0 Å². The Labute approximate surface area is 80.5 Å². The van der Waals surface area contributed by atoms with Crippen molar-refractivity contribution < 1.29 is 14.1 Å². The Morgan fingerprint density at radius 2 is 2.14 bits per heavy atom. The van der Waals surface area contributed by atoms with Crippen molar-refractivity contribution in [2.75, 3.05) is 0 Å². The van der Waals surface area contributed by atoms with Gasteiger partial charge in [0.2, 0.25) is 5.82 Å². The molecule has 0 aromatic heterocycles. The minimum Gasteiger partial charge on any atom is -0.488 e. The molecule has 0 aliphatic carbocycles. The molecule has 0 aliphatic heterocycles. The first kappa shape index (κ1) is 10.4. The zero-order chi connectivity index (χ0) is 10.7. The summed E-state index contributed by atoms with van der Waals surface area (Å²) in [6.45, 7) is 3.44. The molecule has 0 radical (unpaired) electrons. The number of nitro groups is 1. The van der Waals surface area contributed by atoms with E-state index < -0.39 is 16.4 Å². The average molecular weight is 199 g/mol. The van der Waals surface area contributed by atoms with E-state index in [0.29, 0.717) is 0 Å². The van der Waals surface area contributed by atoms with Gasteiger partial charge in [-0.2, -0.15) is 4.39 Å². The molecule has 0 spiro atoms. The van der Waals surface area contributed by atoms with E-state index in [2.05, 4.69) is 0 Å². The maximum atomic E-state index is 13.3. The third-order valence-corrected chi connectivity index (χ3v) is 1.50. The molecule has 5 heteroatoms. The Kier molecular flexibility index (Phi) is 3.01. The monoisotopic (exact) mass is 199 g/mol. The molecule has 1 aromatic carbocycles. The highest BCUT2D eigenvalue weighted by Gasteiger charge is 2.18. The van der Waals surface area contributed by atoms with E-state index in [1.165, 1.54) is 12.1 Å². The molecule has 0 aliphatic rings. The van der Waals surface area contributed by atoms with Gasteiger partial charge in [0.05, 0.1) is 11.0 Å². The predicted molar refractivity (Wildman–Crippen MR) is 48.8 cm³/mol. The molecule has 4 nitrogen and oxygen atoms in total. The van der Waals surface area contributed by atoms with Gasteiger partial charge in [0, 0.05) is 6.07 Å². The van der Waals surface area contributed by atoms with Crippen LogP contribution in [0.4, 0.5) is 10.1 Å². The summed E-state index contributed by atoms with van der Waals surface area (Å²) in [5.74, 6) is -1.01. The topological polar surface area (TPSA) is 52.4 Å². The summed E-state index contributed by atoms with van der Waals surface area (Å²) in [7, 11) is 0. The molecule has 0 atom stereocenters. The van der Waals surface area contributed by atoms with Crippen LogP contribution in [-0.2, 0) is 0 Å². The zero-order valence-electron chi connectivity index (χ0n) is 7.86. The summed E-state index contributed by atoms with van der Waals surface area (Å²) in [6.07, 6.45) is -0.216. The molecule has 0 bridgehead atoms. The van der Waals surface area contributed by atoms with Crippen LogP contribution in [0.5, 0.6) is 5.75 Å². The number of nitro benzene ring substituents is 1. The van der Waals surface area contributed by atoms with Gasteiger partial charge in [0.1, 0.15) is 0 Å². The second-order valence-corrected chi connectivity index (χ2v) is 3.01. The van der Waals surface area contributed by atoms with Gasteiger partial charge in [0.25, 0.3) is 0 Å². The third-order valence-electron chi connectivity index (χ3n) is 1.50. The van der Waals surface area contributed by atoms with Crippen molar-refractivity contribution in [3.8, 4) is 5.75 Å². The van der Waals surface area contributed by atoms with Crippen molar-refractivity contribution in [3.05, 3.63) is 34.1 Å². The predicted octanol–water partition coefficient (Wildman–Crippen LogP) is 2.52. The summed E-state index contributed by atoms with van der Waals surface area (Å²) < 4.78 is 18.4. The lowest BCUT2D eigenvalue weighted by atomic mass is 10.3. The molecule has 0 N–H and O–H groups in total. The van der Waals surface area contributed by atoms with Crippen LogP contribution in [0.1, 0.15) is 13.8 Å². The maximum Gasteiger partial charge on any atom is 0.308 e. The molecule has 0 saturated heterocycles. The summed E-state index contributed by atoms with van der Waals surface area (Å²) in [5, 5.41) is 10.4. The fourth-order valence-electron chi connectivity index (χ4n) is 0.985. The van der Waals surface area contributed by atoms with Crippen LogP contribution in [0.2, 0.25) is 0 Å². The average Bonchev–Trinajstić information content (AvgIpc) is 2.07. The number of nitrogens with zero attached hydrogens (tertiary/aromatic N) is 1. The quantitative estimate of drug-likeness (QED) is 0.555. The highest BCUT2D eigenvalue weighted by atomic mass is 19.1. The Morgan fingerprint density at radius 1 is 1.50 bits per heavy atom. The highest BCUT2D eigenvalue weighted by molar-refractivity contribution is 5.40. The Morgan fingerprint density at radius 3 is 2.64 bits per heavy atom. The minimum absolute atomic E-state index is 0.0887. The van der Waals surface area contributed by atoms with Crippen LogP contribution in [0.15, 0.2) is 18.2 Å². The Balaban J connectivity index is 3.07. The van der Waals surface area contributed by atoms with Gasteiger partial charge < -0.3 is 4.74 Å². The van der Waals surface area contributed by atoms with E-state index in [9.17, 15) is 14.5 Å². The van der Waals surface area contributed by atoms with Crippen LogP contribution < -0.4 is 4.74 Å². The molecule has 0 heterocycles. The SMILES string of the molecule is CC(C)Oc1cccc([N+](=O)[O-])c1F. The van der Waals surface area contributed by atoms with E-state index in [0.717, 1.165) is 6.07 Å². The number of hydrogen-bond donors (Lipinski definition) is 0. The fourth-order valence-corrected chi connectivity index (χ4v) is 0.985. The lowest BCUT2D eigenvalue weighted by Gasteiger charge is -2.09. The normalized spacial score (nSPS) is 10.3. The summed E-state index contributed by atoms with van der Waals surface area (Å²) in [6, 6.07) is 3.85. The first-order valence-electron chi connectivity index (χ1n) is 4.12. The van der Waals surface area contributed by atoms with Crippen LogP contribution in [0.25, 0.3) is 0 Å². The first-order valence-corrected chi connectivity index (χ1v) is 4.12. The molecular formula is C9H10FNO3. The summed E-state index contributed by atoms with van der Waals surface area (Å²) >= 11 is 0. The molecule has 76 valence electrons. The van der Waals surface area contributed by atoms with E-state index in [1.807, 2.05) is 0 Å². The third kappa shape index (κ3) is 2.18. The summed E-state index contributed by atoms with van der Waals surface area (Å²) in [4.78, 5) is 9.59. The molecule has 0 unspecified atom stereocenters. The number of rotatable bonds is 3. The zero-order valence-corrected chi connectivity index (χ0v) is 7.86. The number of halogens is 1. The van der Waals surface area contributed by atoms with E-state index >= 15 is 0 Å². The Hall–Kier alpha value is -1.65. The highest BCUT2D eigenvalue weighted by Crippen LogP contribution is 2.26. The molecule has 0 saturated carbocycles. The van der Waals surface area contributed by atoms with Gasteiger partial charge >= 0.3 is 5.69 Å². The number of ether oxygens (including phenoxy) is 1. The van der Waals surface area contributed by atoms with Gasteiger partial charge in [-0.25, -0.2) is 0 Å². The van der Waals surface area contributed by atoms with Crippen LogP contribution in [0, 0.1) is 15.9 Å². The van der Waals surface area contributed by atoms with Gasteiger partial charge in [-0.15, -0.1) is 0 Å². The number of hydrogen-bond acceptors (Lipinski definition) is 3. The molecular weight excluding hydrogens is 189 g/mol. The van der Waals surface area contributed by atoms with Gasteiger partial charge in [-0.05, 0) is 19.9 Å². The van der Waals surface area contributed by atoms with Crippen LogP contribution >= 0.6 is 0 Å². The fraction of sp³-hybridized carbons (Fsp3) is 0.333. The van der Waals surface area contributed by atoms with Crippen molar-refractivity contribution in [3.63, 3.8) is 0 Å². The van der Waals surface area contributed by atoms with E-state index in [4.69, 9.17) is 4.74 Å². The van der Waals surface area contributed by atoms with Crippen molar-refractivity contribution in [1.82, 2.24) is 0 Å². The lowest BCUT2D eigenvalue weighted by Crippen LogP contribution is -2.07. The largest absolute Gasteiger partial charge is 0.488 e. The van der Waals surface area contributed by atoms with Crippen molar-refractivity contribution in [2.45, 2.75) is 20.0 Å². The van der Waals surface area contributed by atoms with Gasteiger partial charge in [-0.1, -0.05) is 6.07 Å². The minimum atomic E-state index is -0.925. The van der Waals surface area contributed by atoms with Crippen LogP contribution in [0.3, 0.4) is 0 Å². The van der Waals surface area contributed by atoms with Gasteiger partial charge in [0.15, 0.2) is 5.75 Å².